The molecular formula is C32H38F3N5O4Si. The maximum absolute atomic E-state index is 14.0. The van der Waals surface area contributed by atoms with Crippen LogP contribution < -0.4 is 9.64 Å². The summed E-state index contributed by atoms with van der Waals surface area (Å²) >= 11 is 0. The number of aromatic nitrogens is 4. The third kappa shape index (κ3) is 8.01. The third-order valence-electron chi connectivity index (χ3n) is 7.60. The number of ether oxygens (including phenoxy) is 3. The summed E-state index contributed by atoms with van der Waals surface area (Å²) in [5.74, 6) is 0.298. The highest BCUT2D eigenvalue weighted by Gasteiger charge is 2.38. The van der Waals surface area contributed by atoms with E-state index >= 15 is 0 Å². The Balaban J connectivity index is 1.43. The Hall–Kier alpha value is -3.97. The Kier molecular flexibility index (Phi) is 9.78. The van der Waals surface area contributed by atoms with Gasteiger partial charge in [-0.2, -0.15) is 13.2 Å². The zero-order valence-electron chi connectivity index (χ0n) is 25.9. The van der Waals surface area contributed by atoms with Gasteiger partial charge in [-0.15, -0.1) is 0 Å². The monoisotopic (exact) mass is 641 g/mol. The maximum Gasteiger partial charge on any atom is 0.434 e. The standard InChI is InChI=1S/C32H38F3N5O4Si/c1-5-43-30(41)25-9-10-27(38-29(25)32(33,34)35)26-20-40(21-42-17-18-45(2,3)4)28-19-23(7-8-24(26)28)44-22-11-15-39(16-12-22)31-36-13-6-14-37-31/h6-10,13-14,19-20,22H,5,11-12,15-18,21H2,1-4H3. The van der Waals surface area contributed by atoms with E-state index in [2.05, 4.69) is 39.5 Å². The van der Waals surface area contributed by atoms with E-state index in [9.17, 15) is 18.0 Å². The zero-order valence-corrected chi connectivity index (χ0v) is 26.9. The van der Waals surface area contributed by atoms with Crippen molar-refractivity contribution in [3.63, 3.8) is 0 Å². The molecule has 3 aromatic heterocycles. The van der Waals surface area contributed by atoms with Crippen molar-refractivity contribution in [2.24, 2.45) is 0 Å². The summed E-state index contributed by atoms with van der Waals surface area (Å²) in [6.45, 7) is 10.6. The van der Waals surface area contributed by atoms with Crippen molar-refractivity contribution >= 4 is 30.9 Å². The molecule has 1 aliphatic rings. The number of rotatable bonds is 11. The number of halogens is 3. The SMILES string of the molecule is CCOC(=O)c1ccc(-c2cn(COCC[Si](C)(C)C)c3cc(OC4CCN(c5ncccn5)CC4)ccc23)nc1C(F)(F)F. The number of nitrogens with zero attached hydrogens (tertiary/aromatic N) is 5. The van der Waals surface area contributed by atoms with Gasteiger partial charge in [-0.05, 0) is 43.3 Å². The van der Waals surface area contributed by atoms with E-state index in [1.807, 2.05) is 22.8 Å². The van der Waals surface area contributed by atoms with Crippen molar-refractivity contribution in [3.05, 3.63) is 66.2 Å². The van der Waals surface area contributed by atoms with Gasteiger partial charge in [0.1, 0.15) is 18.6 Å². The molecule has 0 unspecified atom stereocenters. The lowest BCUT2D eigenvalue weighted by atomic mass is 10.1. The van der Waals surface area contributed by atoms with Crippen molar-refractivity contribution in [2.45, 2.75) is 64.5 Å². The summed E-state index contributed by atoms with van der Waals surface area (Å²) in [6.07, 6.45) is 1.93. The van der Waals surface area contributed by atoms with Crippen LogP contribution in [-0.2, 0) is 22.4 Å². The molecule has 13 heteroatoms. The summed E-state index contributed by atoms with van der Waals surface area (Å²) in [4.78, 5) is 27.0. The number of carbonyl (C=O) groups is 1. The van der Waals surface area contributed by atoms with E-state index in [4.69, 9.17) is 14.2 Å². The topological polar surface area (TPSA) is 91.6 Å². The van der Waals surface area contributed by atoms with Gasteiger partial charge in [-0.3, -0.25) is 0 Å². The molecular weight excluding hydrogens is 603 g/mol. The molecule has 1 fully saturated rings. The number of alkyl halides is 3. The number of fused-ring (bicyclic) bond motifs is 1. The van der Waals surface area contributed by atoms with E-state index in [1.54, 1.807) is 24.7 Å². The van der Waals surface area contributed by atoms with E-state index in [0.29, 0.717) is 29.3 Å². The number of benzene rings is 1. The minimum Gasteiger partial charge on any atom is -0.490 e. The molecule has 4 heterocycles. The maximum atomic E-state index is 14.0. The molecule has 0 saturated carbocycles. The predicted octanol–water partition coefficient (Wildman–Crippen LogP) is 7.05. The van der Waals surface area contributed by atoms with Crippen LogP contribution in [0.4, 0.5) is 19.1 Å². The van der Waals surface area contributed by atoms with Crippen LogP contribution in [0.3, 0.4) is 0 Å². The molecule has 240 valence electrons. The molecule has 1 aliphatic heterocycles. The number of esters is 1. The minimum atomic E-state index is -4.85. The van der Waals surface area contributed by atoms with Crippen molar-refractivity contribution in [1.82, 2.24) is 19.5 Å². The Labute approximate surface area is 261 Å². The normalized spacial score (nSPS) is 14.6. The van der Waals surface area contributed by atoms with Gasteiger partial charge in [-0.25, -0.2) is 19.7 Å². The average molecular weight is 642 g/mol. The Morgan fingerprint density at radius 1 is 1.07 bits per heavy atom. The van der Waals surface area contributed by atoms with Crippen molar-refractivity contribution < 1.29 is 32.2 Å². The zero-order chi connectivity index (χ0) is 32.2. The number of hydrogen-bond donors (Lipinski definition) is 0. The summed E-state index contributed by atoms with van der Waals surface area (Å²) in [6, 6.07) is 10.9. The van der Waals surface area contributed by atoms with E-state index in [-0.39, 0.29) is 25.1 Å². The molecule has 9 nitrogen and oxygen atoms in total. The highest BCUT2D eigenvalue weighted by Crippen LogP contribution is 2.37. The van der Waals surface area contributed by atoms with Crippen LogP contribution in [0.5, 0.6) is 5.75 Å². The van der Waals surface area contributed by atoms with Crippen molar-refractivity contribution in [2.75, 3.05) is 31.2 Å². The molecule has 0 amide bonds. The van der Waals surface area contributed by atoms with Crippen LogP contribution in [0.2, 0.25) is 25.7 Å². The summed E-state index contributed by atoms with van der Waals surface area (Å²) in [5.41, 5.74) is -0.576. The molecule has 0 spiro atoms. The molecule has 1 aromatic carbocycles. The predicted molar refractivity (Wildman–Crippen MR) is 168 cm³/mol. The van der Waals surface area contributed by atoms with Crippen LogP contribution in [-0.4, -0.2) is 66.0 Å². The molecule has 45 heavy (non-hydrogen) atoms. The Morgan fingerprint density at radius 2 is 1.80 bits per heavy atom. The average Bonchev–Trinajstić information content (AvgIpc) is 3.37. The Bertz CT molecular complexity index is 1620. The second kappa shape index (κ2) is 13.6. The van der Waals surface area contributed by atoms with Crippen LogP contribution >= 0.6 is 0 Å². The number of carbonyl (C=O) groups excluding carboxylic acids is 1. The van der Waals surface area contributed by atoms with Gasteiger partial charge in [0, 0.05) is 76.2 Å². The fraction of sp³-hybridized carbons (Fsp3) is 0.438. The fourth-order valence-electron chi connectivity index (χ4n) is 5.22. The fourth-order valence-corrected chi connectivity index (χ4v) is 5.97. The van der Waals surface area contributed by atoms with Gasteiger partial charge in [-0.1, -0.05) is 19.6 Å². The van der Waals surface area contributed by atoms with Gasteiger partial charge >= 0.3 is 12.1 Å². The highest BCUT2D eigenvalue weighted by molar-refractivity contribution is 6.76. The van der Waals surface area contributed by atoms with Gasteiger partial charge < -0.3 is 23.7 Å². The lowest BCUT2D eigenvalue weighted by molar-refractivity contribution is -0.141. The van der Waals surface area contributed by atoms with Crippen LogP contribution in [0.15, 0.2) is 55.0 Å². The van der Waals surface area contributed by atoms with E-state index in [1.165, 1.54) is 13.0 Å². The second-order valence-corrected chi connectivity index (χ2v) is 17.8. The molecule has 0 radical (unpaired) electrons. The molecule has 0 bridgehead atoms. The molecule has 0 atom stereocenters. The lowest BCUT2D eigenvalue weighted by Gasteiger charge is -2.32. The van der Waals surface area contributed by atoms with Gasteiger partial charge in [0.25, 0.3) is 0 Å². The molecule has 0 N–H and O–H groups in total. The molecule has 5 rings (SSSR count). The first-order valence-electron chi connectivity index (χ1n) is 15.1. The quantitative estimate of drug-likeness (QED) is 0.0978. The van der Waals surface area contributed by atoms with E-state index < -0.39 is 31.5 Å². The van der Waals surface area contributed by atoms with Gasteiger partial charge in [0.2, 0.25) is 5.95 Å². The summed E-state index contributed by atoms with van der Waals surface area (Å²) in [5, 5.41) is 0.691. The number of piperidine rings is 1. The number of anilines is 1. The van der Waals surface area contributed by atoms with Gasteiger partial charge in [0.15, 0.2) is 5.69 Å². The minimum absolute atomic E-state index is 0.00952. The first-order valence-corrected chi connectivity index (χ1v) is 18.8. The van der Waals surface area contributed by atoms with E-state index in [0.717, 1.165) is 43.6 Å². The van der Waals surface area contributed by atoms with Crippen LogP contribution in [0.25, 0.3) is 22.2 Å². The highest BCUT2D eigenvalue weighted by atomic mass is 28.3. The number of pyridine rings is 1. The number of hydrogen-bond acceptors (Lipinski definition) is 8. The first kappa shape index (κ1) is 32.4. The summed E-state index contributed by atoms with van der Waals surface area (Å²) < 4.78 is 61.3. The lowest BCUT2D eigenvalue weighted by Crippen LogP contribution is -2.39. The first-order chi connectivity index (χ1) is 21.4. The molecule has 4 aromatic rings. The molecule has 1 saturated heterocycles. The third-order valence-corrected chi connectivity index (χ3v) is 9.30. The molecule has 0 aliphatic carbocycles. The largest absolute Gasteiger partial charge is 0.490 e. The second-order valence-electron chi connectivity index (χ2n) is 12.2. The Morgan fingerprint density at radius 3 is 2.47 bits per heavy atom. The summed E-state index contributed by atoms with van der Waals surface area (Å²) in [7, 11) is -1.32. The van der Waals surface area contributed by atoms with Crippen LogP contribution in [0, 0.1) is 0 Å². The smallest absolute Gasteiger partial charge is 0.434 e. The van der Waals surface area contributed by atoms with Gasteiger partial charge in [0.05, 0.1) is 23.4 Å². The van der Waals surface area contributed by atoms with Crippen molar-refractivity contribution in [1.29, 1.82) is 0 Å². The van der Waals surface area contributed by atoms with Crippen molar-refractivity contribution in [3.8, 4) is 17.0 Å². The van der Waals surface area contributed by atoms with Crippen LogP contribution in [0.1, 0.15) is 35.8 Å².